The molecule has 1 aromatic rings. The van der Waals surface area contributed by atoms with Crippen molar-refractivity contribution in [1.29, 1.82) is 0 Å². The van der Waals surface area contributed by atoms with Crippen LogP contribution in [-0.2, 0) is 20.7 Å². The third-order valence-electron chi connectivity index (χ3n) is 3.14. The molecule has 0 fully saturated rings. The number of carboxylic acids is 1. The Labute approximate surface area is 179 Å². The second kappa shape index (κ2) is 10.1. The van der Waals surface area contributed by atoms with E-state index < -0.39 is 72.2 Å². The lowest BCUT2D eigenvalue weighted by Crippen LogP contribution is -2.50. The number of carbonyl (C=O) groups is 3. The van der Waals surface area contributed by atoms with Gasteiger partial charge >= 0.3 is 18.2 Å². The molecule has 2 amide bonds. The second-order valence-electron chi connectivity index (χ2n) is 8.41. The maximum absolute atomic E-state index is 12.6. The zero-order valence-electron chi connectivity index (χ0n) is 22.6. The van der Waals surface area contributed by atoms with Gasteiger partial charge in [0.15, 0.2) is 0 Å². The van der Waals surface area contributed by atoms with Crippen LogP contribution in [0.3, 0.4) is 0 Å². The minimum Gasteiger partial charge on any atom is -0.480 e. The van der Waals surface area contributed by atoms with Gasteiger partial charge in [-0.25, -0.2) is 9.59 Å². The van der Waals surface area contributed by atoms with Crippen LogP contribution in [0.2, 0.25) is 0 Å². The van der Waals surface area contributed by atoms with Gasteiger partial charge in [-0.15, -0.1) is 0 Å². The number of rotatable bonds is 7. The molecule has 29 heavy (non-hydrogen) atoms. The van der Waals surface area contributed by atoms with Crippen molar-refractivity contribution in [2.45, 2.75) is 65.2 Å². The molecule has 0 aromatic heterocycles. The van der Waals surface area contributed by atoms with Crippen LogP contribution in [0.25, 0.3) is 0 Å². The highest BCUT2D eigenvalue weighted by Crippen LogP contribution is 2.13. The Morgan fingerprint density at radius 3 is 2.10 bits per heavy atom. The monoisotopic (exact) mass is 413 g/mol. The first-order valence-electron chi connectivity index (χ1n) is 11.6. The number of hydrogen-bond donors (Lipinski definition) is 2. The van der Waals surface area contributed by atoms with Gasteiger partial charge in [0.1, 0.15) is 17.7 Å². The molecule has 0 spiro atoms. The van der Waals surface area contributed by atoms with Gasteiger partial charge in [0.2, 0.25) is 0 Å². The summed E-state index contributed by atoms with van der Waals surface area (Å²) < 4.78 is 50.2. The van der Waals surface area contributed by atoms with E-state index in [9.17, 15) is 19.5 Å². The highest BCUT2D eigenvalue weighted by Gasteiger charge is 2.28. The van der Waals surface area contributed by atoms with Crippen LogP contribution < -0.4 is 5.32 Å². The van der Waals surface area contributed by atoms with Crippen LogP contribution in [0, 0.1) is 0 Å². The number of ether oxygens (including phenoxy) is 2. The molecule has 8 heteroatoms. The minimum atomic E-state index is -1.33. The van der Waals surface area contributed by atoms with Crippen molar-refractivity contribution in [2.24, 2.45) is 0 Å². The fraction of sp³-hybridized carbons (Fsp3) is 0.571. The number of alkyl carbamates (subject to hydrolysis) is 1. The molecule has 8 nitrogen and oxygen atoms in total. The number of benzene rings is 1. The summed E-state index contributed by atoms with van der Waals surface area (Å²) in [5.41, 5.74) is -1.89. The van der Waals surface area contributed by atoms with E-state index in [1.807, 2.05) is 0 Å². The predicted octanol–water partition coefficient (Wildman–Crippen LogP) is 3.44. The average Bonchev–Trinajstić information content (AvgIpc) is 2.64. The van der Waals surface area contributed by atoms with Crippen molar-refractivity contribution in [3.05, 3.63) is 35.8 Å². The van der Waals surface area contributed by atoms with Crippen LogP contribution in [0.15, 0.2) is 30.2 Å². The quantitative estimate of drug-likeness (QED) is 0.709. The number of hydrogen-bond acceptors (Lipinski definition) is 5. The molecule has 0 heterocycles. The first-order valence-corrected chi connectivity index (χ1v) is 9.07. The van der Waals surface area contributed by atoms with Crippen LogP contribution in [0.4, 0.5) is 9.59 Å². The summed E-state index contributed by atoms with van der Waals surface area (Å²) in [6.07, 6.45) is -2.13. The third kappa shape index (κ3) is 11.0. The summed E-state index contributed by atoms with van der Waals surface area (Å²) in [5.74, 6) is -1.33. The van der Waals surface area contributed by atoms with E-state index >= 15 is 0 Å². The van der Waals surface area contributed by atoms with Crippen LogP contribution >= 0.6 is 0 Å². The predicted molar refractivity (Wildman–Crippen MR) is 109 cm³/mol. The molecule has 0 aliphatic rings. The molecule has 162 valence electrons. The fourth-order valence-corrected chi connectivity index (χ4v) is 2.22. The molecule has 0 aliphatic heterocycles. The number of nitrogens with one attached hydrogen (secondary N) is 1. The maximum Gasteiger partial charge on any atom is 0.410 e. The molecule has 1 aromatic carbocycles. The first-order chi connectivity index (χ1) is 15.3. The van der Waals surface area contributed by atoms with E-state index in [1.165, 1.54) is 0 Å². The zero-order valence-corrected chi connectivity index (χ0v) is 17.6. The number of amides is 2. The lowest BCUT2D eigenvalue weighted by atomic mass is 10.1. The van der Waals surface area contributed by atoms with Crippen LogP contribution in [-0.4, -0.2) is 58.5 Å². The highest BCUT2D eigenvalue weighted by atomic mass is 16.6. The topological polar surface area (TPSA) is 105 Å². The molecular weight excluding hydrogens is 376 g/mol. The molecule has 1 rings (SSSR count). The molecule has 1 atom stereocenters. The Morgan fingerprint density at radius 2 is 1.62 bits per heavy atom. The maximum atomic E-state index is 12.6. The normalized spacial score (nSPS) is 15.0. The Morgan fingerprint density at radius 1 is 1.07 bits per heavy atom. The first kappa shape index (κ1) is 17.1. The second-order valence-corrected chi connectivity index (χ2v) is 8.41. The number of aliphatic carboxylic acids is 1. The summed E-state index contributed by atoms with van der Waals surface area (Å²) in [5, 5.41) is 11.8. The fourth-order valence-electron chi connectivity index (χ4n) is 2.22. The third-order valence-corrected chi connectivity index (χ3v) is 3.14. The molecule has 0 aliphatic carbocycles. The van der Waals surface area contributed by atoms with Gasteiger partial charge in [0.25, 0.3) is 0 Å². The van der Waals surface area contributed by atoms with Crippen molar-refractivity contribution in [1.82, 2.24) is 10.2 Å². The van der Waals surface area contributed by atoms with E-state index in [0.29, 0.717) is 0 Å². The van der Waals surface area contributed by atoms with Crippen molar-refractivity contribution in [3.8, 4) is 0 Å². The van der Waals surface area contributed by atoms with Crippen molar-refractivity contribution in [2.75, 3.05) is 13.1 Å². The van der Waals surface area contributed by atoms with Gasteiger partial charge in [0.05, 0.1) is 12.9 Å². The van der Waals surface area contributed by atoms with E-state index in [-0.39, 0.29) is 18.5 Å². The van der Waals surface area contributed by atoms with Crippen molar-refractivity contribution < 1.29 is 35.8 Å². The Balaban J connectivity index is 3.38. The Hall–Kier alpha value is -2.77. The van der Waals surface area contributed by atoms with E-state index in [2.05, 4.69) is 5.32 Å². The lowest BCUT2D eigenvalue weighted by molar-refractivity contribution is -0.138. The highest BCUT2D eigenvalue weighted by molar-refractivity contribution is 5.77. The summed E-state index contributed by atoms with van der Waals surface area (Å²) in [7, 11) is 0. The Bertz CT molecular complexity index is 914. The minimum absolute atomic E-state index is 0.105. The number of nitrogens with zero attached hydrogens (tertiary/aromatic N) is 1. The molecule has 0 saturated carbocycles. The standard InChI is InChI=1S/C21H32N2O6/c1-20(2,3)28-18(26)22-16(12-15-10-8-7-9-11-15)13-23(14-17(24)25)19(27)29-21(4,5)6/h7-11,16H,12-14H2,1-6H3,(H,22,26)(H,24,25)/t16-/m0/s1/i7D,8D,9D,10D,11D. The largest absolute Gasteiger partial charge is 0.480 e. The Kier molecular flexibility index (Phi) is 5.98. The van der Waals surface area contributed by atoms with E-state index in [4.69, 9.17) is 16.3 Å². The SMILES string of the molecule is [2H]c1c([2H])c([2H])c(C[C@@H](CN(CC(=O)O)C(=O)OC(C)(C)C)NC(=O)OC(C)(C)C)c([2H])c1[2H]. The van der Waals surface area contributed by atoms with E-state index in [0.717, 1.165) is 4.90 Å². The summed E-state index contributed by atoms with van der Waals surface area (Å²) in [6.45, 7) is 8.58. The summed E-state index contributed by atoms with van der Waals surface area (Å²) in [4.78, 5) is 37.3. The molecule has 0 unspecified atom stereocenters. The lowest BCUT2D eigenvalue weighted by Gasteiger charge is -2.30. The van der Waals surface area contributed by atoms with Gasteiger partial charge in [-0.1, -0.05) is 30.2 Å². The van der Waals surface area contributed by atoms with Crippen LogP contribution in [0.1, 0.15) is 54.0 Å². The molecule has 0 saturated heterocycles. The number of carboxylic acid groups (broad SMARTS) is 1. The van der Waals surface area contributed by atoms with Gasteiger partial charge in [0, 0.05) is 6.54 Å². The van der Waals surface area contributed by atoms with Gasteiger partial charge in [-0.05, 0) is 53.5 Å². The van der Waals surface area contributed by atoms with Gasteiger partial charge in [-0.3, -0.25) is 9.69 Å². The molecular formula is C21H32N2O6. The summed E-state index contributed by atoms with van der Waals surface area (Å²) in [6, 6.07) is -3.68. The summed E-state index contributed by atoms with van der Waals surface area (Å²) >= 11 is 0. The average molecular weight is 414 g/mol. The number of carbonyl (C=O) groups excluding carboxylic acids is 2. The van der Waals surface area contributed by atoms with Crippen molar-refractivity contribution >= 4 is 18.2 Å². The molecule has 0 bridgehead atoms. The molecule has 2 N–H and O–H groups in total. The van der Waals surface area contributed by atoms with Gasteiger partial charge < -0.3 is 19.9 Å². The smallest absolute Gasteiger partial charge is 0.410 e. The molecule has 0 radical (unpaired) electrons. The van der Waals surface area contributed by atoms with Crippen LogP contribution in [0.5, 0.6) is 0 Å². The zero-order chi connectivity index (χ0) is 26.6. The van der Waals surface area contributed by atoms with Gasteiger partial charge in [-0.2, -0.15) is 0 Å². The van der Waals surface area contributed by atoms with Crippen molar-refractivity contribution in [3.63, 3.8) is 0 Å². The van der Waals surface area contributed by atoms with E-state index in [1.54, 1.807) is 41.5 Å².